The summed E-state index contributed by atoms with van der Waals surface area (Å²) >= 11 is 3.34. The number of nitrogens with zero attached hydrogens (tertiary/aromatic N) is 1. The zero-order chi connectivity index (χ0) is 9.42. The van der Waals surface area contributed by atoms with E-state index >= 15 is 0 Å². The Morgan fingerprint density at radius 2 is 2.23 bits per heavy atom. The second-order valence-corrected chi connectivity index (χ2v) is 3.63. The van der Waals surface area contributed by atoms with Crippen molar-refractivity contribution in [3.63, 3.8) is 0 Å². The predicted molar refractivity (Wildman–Crippen MR) is 55.1 cm³/mol. The van der Waals surface area contributed by atoms with Crippen LogP contribution in [0.3, 0.4) is 0 Å². The van der Waals surface area contributed by atoms with Crippen LogP contribution in [0.4, 0.5) is 5.82 Å². The SMILES string of the molecule is N#Cc1c(N)[nH]c2cc(Br)ccc12. The third kappa shape index (κ3) is 1.18. The number of benzene rings is 1. The Morgan fingerprint density at radius 1 is 1.46 bits per heavy atom. The van der Waals surface area contributed by atoms with E-state index in [0.717, 1.165) is 15.4 Å². The minimum Gasteiger partial charge on any atom is -0.384 e. The summed E-state index contributed by atoms with van der Waals surface area (Å²) in [6, 6.07) is 7.71. The van der Waals surface area contributed by atoms with Gasteiger partial charge in [-0.15, -0.1) is 0 Å². The molecule has 0 aliphatic rings. The first-order valence-corrected chi connectivity index (χ1v) is 4.48. The van der Waals surface area contributed by atoms with E-state index in [9.17, 15) is 0 Å². The molecule has 4 heteroatoms. The Labute approximate surface area is 83.3 Å². The highest BCUT2D eigenvalue weighted by Gasteiger charge is 2.07. The highest BCUT2D eigenvalue weighted by Crippen LogP contribution is 2.25. The maximum atomic E-state index is 8.81. The molecule has 0 aliphatic carbocycles. The predicted octanol–water partition coefficient (Wildman–Crippen LogP) is 2.38. The summed E-state index contributed by atoms with van der Waals surface area (Å²) in [4.78, 5) is 2.94. The number of hydrogen-bond donors (Lipinski definition) is 2. The summed E-state index contributed by atoms with van der Waals surface area (Å²) in [6.45, 7) is 0. The molecule has 0 atom stereocenters. The molecule has 0 unspecified atom stereocenters. The molecule has 2 aromatic rings. The zero-order valence-corrected chi connectivity index (χ0v) is 8.22. The van der Waals surface area contributed by atoms with Gasteiger partial charge in [-0.3, -0.25) is 0 Å². The van der Waals surface area contributed by atoms with Crippen molar-refractivity contribution < 1.29 is 0 Å². The Kier molecular flexibility index (Phi) is 1.74. The van der Waals surface area contributed by atoms with E-state index in [-0.39, 0.29) is 0 Å². The molecule has 0 saturated carbocycles. The molecule has 0 aliphatic heterocycles. The number of anilines is 1. The average Bonchev–Trinajstić information content (AvgIpc) is 2.39. The Morgan fingerprint density at radius 3 is 2.92 bits per heavy atom. The van der Waals surface area contributed by atoms with Crippen LogP contribution in [-0.2, 0) is 0 Å². The van der Waals surface area contributed by atoms with Crippen molar-refractivity contribution in [3.8, 4) is 6.07 Å². The lowest BCUT2D eigenvalue weighted by atomic mass is 10.2. The van der Waals surface area contributed by atoms with Gasteiger partial charge in [0.25, 0.3) is 0 Å². The number of nitrogens with one attached hydrogen (secondary N) is 1. The molecule has 3 nitrogen and oxygen atoms in total. The lowest BCUT2D eigenvalue weighted by Gasteiger charge is -1.90. The number of H-pyrrole nitrogens is 1. The van der Waals surface area contributed by atoms with Crippen LogP contribution in [0.15, 0.2) is 22.7 Å². The van der Waals surface area contributed by atoms with Crippen LogP contribution in [0.1, 0.15) is 5.56 Å². The van der Waals surface area contributed by atoms with Crippen LogP contribution in [0.5, 0.6) is 0 Å². The van der Waals surface area contributed by atoms with Crippen LogP contribution < -0.4 is 5.73 Å². The van der Waals surface area contributed by atoms with Gasteiger partial charge in [0.1, 0.15) is 17.5 Å². The number of rotatable bonds is 0. The fraction of sp³-hybridized carbons (Fsp3) is 0. The molecule has 0 radical (unpaired) electrons. The first-order chi connectivity index (χ1) is 6.22. The Balaban J connectivity index is 2.88. The summed E-state index contributed by atoms with van der Waals surface area (Å²) in [5.41, 5.74) is 7.01. The maximum absolute atomic E-state index is 8.81. The van der Waals surface area contributed by atoms with Gasteiger partial charge in [-0.2, -0.15) is 5.26 Å². The van der Waals surface area contributed by atoms with E-state index in [1.807, 2.05) is 18.2 Å². The van der Waals surface area contributed by atoms with Crippen molar-refractivity contribution in [1.82, 2.24) is 4.98 Å². The third-order valence-corrected chi connectivity index (χ3v) is 2.39. The number of aromatic amines is 1. The smallest absolute Gasteiger partial charge is 0.119 e. The second kappa shape index (κ2) is 2.79. The molecule has 0 saturated heterocycles. The quantitative estimate of drug-likeness (QED) is 0.737. The molecule has 3 N–H and O–H groups in total. The van der Waals surface area contributed by atoms with Gasteiger partial charge in [0.05, 0.1) is 0 Å². The van der Waals surface area contributed by atoms with Gasteiger partial charge >= 0.3 is 0 Å². The third-order valence-electron chi connectivity index (χ3n) is 1.90. The van der Waals surface area contributed by atoms with Gasteiger partial charge in [0.15, 0.2) is 0 Å². The van der Waals surface area contributed by atoms with Crippen molar-refractivity contribution in [3.05, 3.63) is 28.2 Å². The highest BCUT2D eigenvalue weighted by molar-refractivity contribution is 9.10. The molecule has 1 aromatic heterocycles. The summed E-state index contributed by atoms with van der Waals surface area (Å²) in [5, 5.41) is 9.68. The summed E-state index contributed by atoms with van der Waals surface area (Å²) in [7, 11) is 0. The number of nitrogen functional groups attached to an aromatic ring is 1. The van der Waals surface area contributed by atoms with E-state index < -0.39 is 0 Å². The summed E-state index contributed by atoms with van der Waals surface area (Å²) in [5.74, 6) is 0.426. The standard InChI is InChI=1S/C9H6BrN3/c10-5-1-2-6-7(4-11)9(12)13-8(6)3-5/h1-3,13H,12H2. The highest BCUT2D eigenvalue weighted by atomic mass is 79.9. The van der Waals surface area contributed by atoms with E-state index in [2.05, 4.69) is 27.0 Å². The molecular formula is C9H6BrN3. The van der Waals surface area contributed by atoms with Crippen molar-refractivity contribution >= 4 is 32.7 Å². The molecule has 0 bridgehead atoms. The van der Waals surface area contributed by atoms with E-state index in [1.54, 1.807) is 0 Å². The second-order valence-electron chi connectivity index (χ2n) is 2.72. The maximum Gasteiger partial charge on any atom is 0.119 e. The van der Waals surface area contributed by atoms with Crippen LogP contribution in [0, 0.1) is 11.3 Å². The largest absolute Gasteiger partial charge is 0.384 e. The van der Waals surface area contributed by atoms with Gasteiger partial charge in [-0.05, 0) is 12.1 Å². The monoisotopic (exact) mass is 235 g/mol. The number of aromatic nitrogens is 1. The normalized spacial score (nSPS) is 10.2. The van der Waals surface area contributed by atoms with Gasteiger partial charge < -0.3 is 10.7 Å². The van der Waals surface area contributed by atoms with E-state index in [1.165, 1.54) is 0 Å². The molecule has 64 valence electrons. The number of hydrogen-bond acceptors (Lipinski definition) is 2. The summed E-state index contributed by atoms with van der Waals surface area (Å²) in [6.07, 6.45) is 0. The van der Waals surface area contributed by atoms with Crippen molar-refractivity contribution in [2.24, 2.45) is 0 Å². The Hall–Kier alpha value is -1.47. The molecule has 1 heterocycles. The Bertz CT molecular complexity index is 507. The number of fused-ring (bicyclic) bond motifs is 1. The fourth-order valence-corrected chi connectivity index (χ4v) is 1.67. The van der Waals surface area contributed by atoms with Crippen molar-refractivity contribution in [2.45, 2.75) is 0 Å². The van der Waals surface area contributed by atoms with Crippen molar-refractivity contribution in [2.75, 3.05) is 5.73 Å². The first-order valence-electron chi connectivity index (χ1n) is 3.69. The minimum atomic E-state index is 0.426. The van der Waals surface area contributed by atoms with Crippen LogP contribution >= 0.6 is 15.9 Å². The number of nitriles is 1. The molecule has 13 heavy (non-hydrogen) atoms. The van der Waals surface area contributed by atoms with E-state index in [0.29, 0.717) is 11.4 Å². The van der Waals surface area contributed by atoms with Crippen molar-refractivity contribution in [1.29, 1.82) is 5.26 Å². The lowest BCUT2D eigenvalue weighted by molar-refractivity contribution is 1.44. The van der Waals surface area contributed by atoms with Crippen LogP contribution in [-0.4, -0.2) is 4.98 Å². The number of halogens is 1. The molecule has 0 spiro atoms. The van der Waals surface area contributed by atoms with Gasteiger partial charge in [0, 0.05) is 15.4 Å². The van der Waals surface area contributed by atoms with Gasteiger partial charge in [-0.1, -0.05) is 22.0 Å². The molecule has 0 amide bonds. The molecular weight excluding hydrogens is 230 g/mol. The topological polar surface area (TPSA) is 65.6 Å². The zero-order valence-electron chi connectivity index (χ0n) is 6.63. The lowest BCUT2D eigenvalue weighted by Crippen LogP contribution is -1.85. The molecule has 0 fully saturated rings. The average molecular weight is 236 g/mol. The first kappa shape index (κ1) is 8.14. The minimum absolute atomic E-state index is 0.426. The molecule has 2 rings (SSSR count). The van der Waals surface area contributed by atoms with E-state index in [4.69, 9.17) is 11.0 Å². The van der Waals surface area contributed by atoms with Gasteiger partial charge in [0.2, 0.25) is 0 Å². The van der Waals surface area contributed by atoms with Gasteiger partial charge in [-0.25, -0.2) is 0 Å². The summed E-state index contributed by atoms with van der Waals surface area (Å²) < 4.78 is 0.964. The molecule has 1 aromatic carbocycles. The van der Waals surface area contributed by atoms with Crippen LogP contribution in [0.2, 0.25) is 0 Å². The fourth-order valence-electron chi connectivity index (χ4n) is 1.31. The van der Waals surface area contributed by atoms with Crippen LogP contribution in [0.25, 0.3) is 10.9 Å². The number of nitrogens with two attached hydrogens (primary N) is 1.